The van der Waals surface area contributed by atoms with Crippen LogP contribution in [0.25, 0.3) is 0 Å². The van der Waals surface area contributed by atoms with Crippen molar-refractivity contribution in [2.75, 3.05) is 31.2 Å². The number of carbonyl (C=O) groups excluding carboxylic acids is 2. The summed E-state index contributed by atoms with van der Waals surface area (Å²) in [6.07, 6.45) is 4.46. The zero-order valence-electron chi connectivity index (χ0n) is 26.4. The van der Waals surface area contributed by atoms with Crippen LogP contribution in [-0.4, -0.2) is 55.4 Å². The largest absolute Gasteiger partial charge is 0.494 e. The highest BCUT2D eigenvalue weighted by molar-refractivity contribution is 5.99. The summed E-state index contributed by atoms with van der Waals surface area (Å²) in [6, 6.07) is 21.3. The summed E-state index contributed by atoms with van der Waals surface area (Å²) in [5.41, 5.74) is 4.42. The van der Waals surface area contributed by atoms with E-state index < -0.39 is 12.1 Å². The molecule has 6 rings (SSSR count). The van der Waals surface area contributed by atoms with E-state index in [9.17, 15) is 14.7 Å². The second kappa shape index (κ2) is 13.6. The van der Waals surface area contributed by atoms with Gasteiger partial charge in [-0.3, -0.25) is 9.59 Å². The number of benzene rings is 3. The number of aliphatic hydroxyl groups excluding tert-OH is 1. The van der Waals surface area contributed by atoms with Crippen molar-refractivity contribution in [2.45, 2.75) is 82.4 Å². The van der Waals surface area contributed by atoms with E-state index in [2.05, 4.69) is 48.7 Å². The van der Waals surface area contributed by atoms with Gasteiger partial charge in [0.25, 0.3) is 5.91 Å². The number of aliphatic hydroxyl groups is 1. The van der Waals surface area contributed by atoms with Gasteiger partial charge >= 0.3 is 0 Å². The first-order chi connectivity index (χ1) is 21.8. The van der Waals surface area contributed by atoms with Gasteiger partial charge < -0.3 is 30.1 Å². The fourth-order valence-electron chi connectivity index (χ4n) is 6.34. The van der Waals surface area contributed by atoms with Gasteiger partial charge in [-0.25, -0.2) is 0 Å². The van der Waals surface area contributed by atoms with E-state index in [-0.39, 0.29) is 17.4 Å². The quantitative estimate of drug-likeness (QED) is 0.328. The summed E-state index contributed by atoms with van der Waals surface area (Å²) in [5.74, 6) is 1.49. The summed E-state index contributed by atoms with van der Waals surface area (Å²) in [7, 11) is 0. The minimum atomic E-state index is -0.859. The third kappa shape index (κ3) is 7.51. The number of hydrogen-bond donors (Lipinski definition) is 3. The first-order valence-electron chi connectivity index (χ1n) is 16.4. The Labute approximate surface area is 266 Å². The molecule has 1 saturated heterocycles. The molecule has 2 atom stereocenters. The molecule has 4 bridgehead atoms. The fraction of sp³-hybridized carbons (Fsp3) is 0.459. The van der Waals surface area contributed by atoms with Crippen molar-refractivity contribution in [3.05, 3.63) is 89.0 Å². The highest BCUT2D eigenvalue weighted by atomic mass is 16.5. The van der Waals surface area contributed by atoms with Gasteiger partial charge in [-0.15, -0.1) is 0 Å². The zero-order valence-corrected chi connectivity index (χ0v) is 26.4. The van der Waals surface area contributed by atoms with Gasteiger partial charge in [-0.1, -0.05) is 50.2 Å². The average Bonchev–Trinajstić information content (AvgIpc) is 3.72. The molecule has 2 aliphatic heterocycles. The summed E-state index contributed by atoms with van der Waals surface area (Å²) in [4.78, 5) is 28.2. The molecule has 1 aliphatic carbocycles. The molecule has 0 radical (unpaired) electrons. The van der Waals surface area contributed by atoms with Crippen LogP contribution in [-0.2, 0) is 16.8 Å². The molecule has 3 aromatic carbocycles. The van der Waals surface area contributed by atoms with E-state index in [0.717, 1.165) is 43.4 Å². The van der Waals surface area contributed by atoms with Crippen LogP contribution < -0.4 is 25.0 Å². The van der Waals surface area contributed by atoms with Crippen LogP contribution >= 0.6 is 0 Å². The van der Waals surface area contributed by atoms with Crippen LogP contribution in [0.3, 0.4) is 0 Å². The highest BCUT2D eigenvalue weighted by Gasteiger charge is 2.44. The average molecular weight is 612 g/mol. The second-order valence-electron chi connectivity index (χ2n) is 13.0. The normalized spacial score (nSPS) is 20.7. The number of amides is 2. The van der Waals surface area contributed by atoms with E-state index in [1.807, 2.05) is 30.3 Å². The van der Waals surface area contributed by atoms with Crippen LogP contribution in [0.4, 0.5) is 5.69 Å². The molecule has 45 heavy (non-hydrogen) atoms. The van der Waals surface area contributed by atoms with E-state index in [1.54, 1.807) is 17.0 Å². The van der Waals surface area contributed by atoms with Gasteiger partial charge in [-0.05, 0) is 85.4 Å². The first kappa shape index (κ1) is 31.1. The maximum absolute atomic E-state index is 13.9. The molecule has 0 aromatic heterocycles. The van der Waals surface area contributed by atoms with E-state index in [4.69, 9.17) is 9.47 Å². The van der Waals surface area contributed by atoms with Crippen molar-refractivity contribution in [1.29, 1.82) is 0 Å². The third-order valence-electron chi connectivity index (χ3n) is 9.26. The molecule has 2 heterocycles. The van der Waals surface area contributed by atoms with Crippen molar-refractivity contribution >= 4 is 17.5 Å². The van der Waals surface area contributed by atoms with Crippen LogP contribution in [0.1, 0.15) is 85.3 Å². The summed E-state index contributed by atoms with van der Waals surface area (Å²) in [5, 5.41) is 18.4. The molecular weight excluding hydrogens is 566 g/mol. The Morgan fingerprint density at radius 2 is 1.73 bits per heavy atom. The molecule has 2 fully saturated rings. The predicted molar refractivity (Wildman–Crippen MR) is 175 cm³/mol. The Balaban J connectivity index is 1.26. The van der Waals surface area contributed by atoms with Crippen LogP contribution in [0.15, 0.2) is 66.7 Å². The van der Waals surface area contributed by atoms with Gasteiger partial charge in [0.05, 0.1) is 25.4 Å². The van der Waals surface area contributed by atoms with Gasteiger partial charge in [0, 0.05) is 42.4 Å². The molecule has 238 valence electrons. The van der Waals surface area contributed by atoms with Crippen LogP contribution in [0.5, 0.6) is 11.5 Å². The number of anilines is 1. The number of nitrogens with one attached hydrogen (secondary N) is 2. The lowest BCUT2D eigenvalue weighted by Crippen LogP contribution is -2.50. The Morgan fingerprint density at radius 1 is 0.956 bits per heavy atom. The van der Waals surface area contributed by atoms with Crippen LogP contribution in [0.2, 0.25) is 0 Å². The molecule has 8 nitrogen and oxygen atoms in total. The number of hydrogen-bond acceptors (Lipinski definition) is 6. The van der Waals surface area contributed by atoms with Crippen molar-refractivity contribution in [1.82, 2.24) is 10.6 Å². The lowest BCUT2D eigenvalue weighted by atomic mass is 9.95. The summed E-state index contributed by atoms with van der Waals surface area (Å²) in [6.45, 7) is 6.37. The standard InChI is InChI=1S/C37H45N3O5/c1-25(2)27-9-6-10-29(20-27)37(13-14-37)38-24-34(41)33-19-26-8-5-11-31(18-26)44-16-3-4-17-45-32-22-28(36(43)39-33)21-30(23-32)40-15-7-12-35(40)42/h5-6,8-11,18,20-23,25,33-34,38,41H,3-4,7,12-17,19,24H2,1-2H3,(H,39,43)/t33-,34+/m0/s1. The van der Waals surface area contributed by atoms with Gasteiger partial charge in [0.2, 0.25) is 5.91 Å². The van der Waals surface area contributed by atoms with Crippen molar-refractivity contribution in [2.24, 2.45) is 0 Å². The maximum atomic E-state index is 13.9. The Kier molecular flexibility index (Phi) is 9.42. The Hall–Kier alpha value is -3.88. The second-order valence-corrected chi connectivity index (χ2v) is 13.0. The molecule has 3 aliphatic rings. The molecule has 1 saturated carbocycles. The van der Waals surface area contributed by atoms with Gasteiger partial charge in [-0.2, -0.15) is 0 Å². The van der Waals surface area contributed by atoms with Crippen molar-refractivity contribution < 1.29 is 24.2 Å². The number of carbonyl (C=O) groups is 2. The van der Waals surface area contributed by atoms with E-state index in [0.29, 0.717) is 62.1 Å². The fourth-order valence-corrected chi connectivity index (χ4v) is 6.34. The number of fused-ring (bicyclic) bond motifs is 4. The minimum Gasteiger partial charge on any atom is -0.494 e. The number of nitrogens with zero attached hydrogens (tertiary/aromatic N) is 1. The van der Waals surface area contributed by atoms with Gasteiger partial charge in [0.15, 0.2) is 0 Å². The highest BCUT2D eigenvalue weighted by Crippen LogP contribution is 2.46. The third-order valence-corrected chi connectivity index (χ3v) is 9.26. The Morgan fingerprint density at radius 3 is 2.47 bits per heavy atom. The monoisotopic (exact) mass is 611 g/mol. The van der Waals surface area contributed by atoms with Crippen molar-refractivity contribution in [3.8, 4) is 11.5 Å². The topological polar surface area (TPSA) is 100 Å². The molecule has 0 unspecified atom stereocenters. The van der Waals surface area contributed by atoms with Crippen LogP contribution in [0, 0.1) is 0 Å². The lowest BCUT2D eigenvalue weighted by Gasteiger charge is -2.28. The molecule has 2 amide bonds. The zero-order chi connectivity index (χ0) is 31.4. The number of rotatable bonds is 7. The molecule has 0 spiro atoms. The SMILES string of the molecule is CC(C)c1cccc(C2(NC[C@@H](O)[C@@H]3Cc4cccc(c4)OCCCCOc4cc(cc(N5CCCC5=O)c4)C(=O)N3)CC2)c1. The van der Waals surface area contributed by atoms with E-state index in [1.165, 1.54) is 11.1 Å². The maximum Gasteiger partial charge on any atom is 0.251 e. The summed E-state index contributed by atoms with van der Waals surface area (Å²) < 4.78 is 12.1. The first-order valence-corrected chi connectivity index (χ1v) is 16.4. The number of ether oxygens (including phenoxy) is 2. The molecule has 8 heteroatoms. The summed E-state index contributed by atoms with van der Waals surface area (Å²) >= 11 is 0. The Bertz CT molecular complexity index is 1520. The molecular formula is C37H45N3O5. The smallest absolute Gasteiger partial charge is 0.251 e. The minimum absolute atomic E-state index is 0.0463. The predicted octanol–water partition coefficient (Wildman–Crippen LogP) is 5.47. The van der Waals surface area contributed by atoms with Crippen molar-refractivity contribution in [3.63, 3.8) is 0 Å². The lowest BCUT2D eigenvalue weighted by molar-refractivity contribution is -0.117. The van der Waals surface area contributed by atoms with E-state index >= 15 is 0 Å². The van der Waals surface area contributed by atoms with Gasteiger partial charge in [0.1, 0.15) is 11.5 Å². The molecule has 3 N–H and O–H groups in total. The molecule has 3 aromatic rings.